The van der Waals surface area contributed by atoms with Crippen LogP contribution in [-0.4, -0.2) is 52.0 Å². The largest absolute Gasteiger partial charge is 2.00 e. The summed E-state index contributed by atoms with van der Waals surface area (Å²) in [5.41, 5.74) is -1.28. The van der Waals surface area contributed by atoms with Gasteiger partial charge in [-0.05, 0) is 6.07 Å². The Morgan fingerprint density at radius 3 is 1.04 bits per heavy atom. The average molecular weight is 393 g/mol. The Kier molecular flexibility index (Phi) is 13.4. The quantitative estimate of drug-likeness (QED) is 0.506. The average Bonchev–Trinajstić information content (AvgIpc) is 2.55. The van der Waals surface area contributed by atoms with Gasteiger partial charge >= 0.3 is 80.4 Å². The van der Waals surface area contributed by atoms with Gasteiger partial charge in [0, 0.05) is 16.7 Å². The molecule has 26 heavy (non-hydrogen) atoms. The first-order valence-electron chi connectivity index (χ1n) is 6.31. The Bertz CT molecular complexity index is 673. The van der Waals surface area contributed by atoms with E-state index in [9.17, 15) is 34.5 Å². The second-order valence-electron chi connectivity index (χ2n) is 4.26. The normalized spacial score (nSPS) is 8.62. The maximum Gasteiger partial charge on any atom is 2.00 e. The number of hydrogen-bond donors (Lipinski definition) is 1. The van der Waals surface area contributed by atoms with E-state index in [0.29, 0.717) is 0 Å². The van der Waals surface area contributed by atoms with Crippen molar-refractivity contribution < 1.29 is 91.0 Å². The molecule has 0 bridgehead atoms. The predicted octanol–water partition coefficient (Wildman–Crippen LogP) is -5.21. The van der Waals surface area contributed by atoms with Crippen LogP contribution in [0.4, 0.5) is 0 Å². The molecule has 0 atom stereocenters. The Labute approximate surface area is 206 Å². The van der Waals surface area contributed by atoms with Crippen molar-refractivity contribution in [2.24, 2.45) is 0 Å². The minimum absolute atomic E-state index is 0. The number of hydrogen-bond acceptors (Lipinski definition) is 7. The van der Waals surface area contributed by atoms with E-state index in [2.05, 4.69) is 0 Å². The first-order chi connectivity index (χ1) is 11.3. The molecule has 2 aromatic carbocycles. The Hall–Kier alpha value is -1.28. The van der Waals surface area contributed by atoms with Gasteiger partial charge in [-0.3, -0.25) is 0 Å². The maximum absolute atomic E-state index is 10.4. The molecule has 2 rings (SSSR count). The maximum atomic E-state index is 10.4. The molecule has 0 saturated heterocycles. The van der Waals surface area contributed by atoms with Gasteiger partial charge in [0.15, 0.2) is 0 Å². The molecule has 0 heterocycles. The van der Waals surface area contributed by atoms with Crippen LogP contribution in [0.2, 0.25) is 0 Å². The van der Waals surface area contributed by atoms with Gasteiger partial charge in [0.2, 0.25) is 0 Å². The number of benzene rings is 2. The smallest absolute Gasteiger partial charge is 0.545 e. The van der Waals surface area contributed by atoms with E-state index in [1.165, 1.54) is 36.4 Å². The fourth-order valence-corrected chi connectivity index (χ4v) is 1.69. The molecule has 1 N–H and O–H groups in total. The minimum atomic E-state index is -1.52. The molecule has 0 amide bonds. The first-order valence-corrected chi connectivity index (χ1v) is 6.31. The SMILES string of the molecule is O=C([O-])c1ccccc1C(=O)O.O=C([O-])c1ccccc1C(=O)[O-].[K+].[Mg+2]. The monoisotopic (exact) mass is 392 g/mol. The summed E-state index contributed by atoms with van der Waals surface area (Å²) in [5, 5.41) is 39.5. The summed E-state index contributed by atoms with van der Waals surface area (Å²) in [5.74, 6) is -5.78. The van der Waals surface area contributed by atoms with Crippen LogP contribution in [0.1, 0.15) is 41.4 Å². The molecular formula is C16H9KMgO8. The molecular weight excluding hydrogens is 384 g/mol. The molecule has 0 aliphatic rings. The third-order valence-electron chi connectivity index (χ3n) is 2.74. The molecule has 124 valence electrons. The van der Waals surface area contributed by atoms with Crippen molar-refractivity contribution in [1.29, 1.82) is 0 Å². The summed E-state index contributed by atoms with van der Waals surface area (Å²) in [6.45, 7) is 0. The van der Waals surface area contributed by atoms with Crippen molar-refractivity contribution in [2.75, 3.05) is 0 Å². The van der Waals surface area contributed by atoms with Gasteiger partial charge in [-0.2, -0.15) is 0 Å². The molecule has 0 fully saturated rings. The van der Waals surface area contributed by atoms with Crippen LogP contribution in [0.5, 0.6) is 0 Å². The number of carboxylic acid groups (broad SMARTS) is 4. The molecule has 8 nitrogen and oxygen atoms in total. The minimum Gasteiger partial charge on any atom is -0.545 e. The van der Waals surface area contributed by atoms with E-state index in [1.54, 1.807) is 0 Å². The summed E-state index contributed by atoms with van der Waals surface area (Å²) >= 11 is 0. The van der Waals surface area contributed by atoms with Crippen molar-refractivity contribution in [2.45, 2.75) is 0 Å². The van der Waals surface area contributed by atoms with Crippen LogP contribution in [0, 0.1) is 0 Å². The predicted molar refractivity (Wildman–Crippen MR) is 78.6 cm³/mol. The van der Waals surface area contributed by atoms with E-state index >= 15 is 0 Å². The van der Waals surface area contributed by atoms with Crippen LogP contribution in [0.15, 0.2) is 48.5 Å². The first kappa shape index (κ1) is 26.9. The summed E-state index contributed by atoms with van der Waals surface area (Å²) in [4.78, 5) is 41.4. The molecule has 0 spiro atoms. The van der Waals surface area contributed by atoms with Crippen molar-refractivity contribution in [3.05, 3.63) is 70.8 Å². The zero-order valence-electron chi connectivity index (χ0n) is 13.6. The molecule has 0 radical (unpaired) electrons. The molecule has 0 aliphatic heterocycles. The van der Waals surface area contributed by atoms with E-state index < -0.39 is 23.9 Å². The van der Waals surface area contributed by atoms with E-state index in [-0.39, 0.29) is 96.7 Å². The van der Waals surface area contributed by atoms with Crippen molar-refractivity contribution in [1.82, 2.24) is 0 Å². The number of carbonyl (C=O) groups excluding carboxylic acids is 3. The fraction of sp³-hybridized carbons (Fsp3) is 0. The van der Waals surface area contributed by atoms with E-state index in [4.69, 9.17) is 5.11 Å². The second kappa shape index (κ2) is 13.0. The molecule has 0 unspecified atom stereocenters. The standard InChI is InChI=1S/2C8H6O4.K.Mg/c2*9-7(10)5-3-1-2-4-6(5)8(11)12;;/h2*1-4H,(H,9,10)(H,11,12);;/q;;+1;+2/p-3. The van der Waals surface area contributed by atoms with E-state index in [0.717, 1.165) is 12.1 Å². The van der Waals surface area contributed by atoms with E-state index in [1.807, 2.05) is 0 Å². The Balaban J connectivity index is 0. The third kappa shape index (κ3) is 7.95. The van der Waals surface area contributed by atoms with Gasteiger partial charge in [0.1, 0.15) is 0 Å². The van der Waals surface area contributed by atoms with Gasteiger partial charge in [-0.15, -0.1) is 0 Å². The van der Waals surface area contributed by atoms with Crippen LogP contribution in [0.25, 0.3) is 0 Å². The van der Waals surface area contributed by atoms with Gasteiger partial charge in [-0.25, -0.2) is 4.79 Å². The van der Waals surface area contributed by atoms with Crippen LogP contribution >= 0.6 is 0 Å². The number of rotatable bonds is 4. The number of carbonyl (C=O) groups is 4. The van der Waals surface area contributed by atoms with Gasteiger partial charge < -0.3 is 34.8 Å². The summed E-state index contributed by atoms with van der Waals surface area (Å²) in [7, 11) is 0. The van der Waals surface area contributed by atoms with Gasteiger partial charge in [-0.1, -0.05) is 42.5 Å². The van der Waals surface area contributed by atoms with Crippen molar-refractivity contribution in [3.8, 4) is 0 Å². The number of carboxylic acids is 4. The topological polar surface area (TPSA) is 158 Å². The summed E-state index contributed by atoms with van der Waals surface area (Å²) in [6, 6.07) is 10.4. The molecule has 10 heteroatoms. The van der Waals surface area contributed by atoms with Crippen LogP contribution in [0.3, 0.4) is 0 Å². The van der Waals surface area contributed by atoms with Crippen molar-refractivity contribution in [3.63, 3.8) is 0 Å². The zero-order valence-corrected chi connectivity index (χ0v) is 18.2. The third-order valence-corrected chi connectivity index (χ3v) is 2.74. The summed E-state index contributed by atoms with van der Waals surface area (Å²) < 4.78 is 0. The molecule has 0 aromatic heterocycles. The van der Waals surface area contributed by atoms with Crippen LogP contribution in [-0.2, 0) is 0 Å². The molecule has 2 aromatic rings. The Morgan fingerprint density at radius 1 is 0.615 bits per heavy atom. The Morgan fingerprint density at radius 2 is 0.846 bits per heavy atom. The summed E-state index contributed by atoms with van der Waals surface area (Å²) in [6.07, 6.45) is 0. The number of aromatic carboxylic acids is 4. The fourth-order valence-electron chi connectivity index (χ4n) is 1.69. The van der Waals surface area contributed by atoms with Gasteiger partial charge in [0.25, 0.3) is 0 Å². The molecule has 0 saturated carbocycles. The zero-order chi connectivity index (χ0) is 18.3. The second-order valence-corrected chi connectivity index (χ2v) is 4.26. The molecule has 0 aliphatic carbocycles. The van der Waals surface area contributed by atoms with Crippen LogP contribution < -0.4 is 66.7 Å². The van der Waals surface area contributed by atoms with Crippen molar-refractivity contribution >= 4 is 46.9 Å². The van der Waals surface area contributed by atoms with Gasteiger partial charge in [0.05, 0.1) is 23.5 Å².